The number of nitrogens with zero attached hydrogens (tertiary/aromatic N) is 2. The van der Waals surface area contributed by atoms with Gasteiger partial charge in [0.15, 0.2) is 6.04 Å². The number of carbonyl (C=O) groups excluding carboxylic acids is 4. The molecule has 1 aromatic rings. The number of thioether (sulfide) groups is 1. The second-order valence-corrected chi connectivity index (χ2v) is 7.81. The summed E-state index contributed by atoms with van der Waals surface area (Å²) in [5.41, 5.74) is -0.932. The monoisotopic (exact) mass is 376 g/mol. The molecule has 0 saturated carbocycles. The molecule has 0 bridgehead atoms. The Bertz CT molecular complexity index is 818. The molecule has 0 spiro atoms. The van der Waals surface area contributed by atoms with Gasteiger partial charge in [-0.15, -0.1) is 11.8 Å². The molecule has 2 fully saturated rings. The molecule has 136 valence electrons. The van der Waals surface area contributed by atoms with Crippen molar-refractivity contribution in [3.05, 3.63) is 35.4 Å². The predicted molar refractivity (Wildman–Crippen MR) is 90.2 cm³/mol. The highest BCUT2D eigenvalue weighted by Gasteiger charge is 2.65. The van der Waals surface area contributed by atoms with Crippen molar-refractivity contribution in [3.8, 4) is 0 Å². The van der Waals surface area contributed by atoms with Crippen molar-refractivity contribution < 1.29 is 29.0 Å². The molecule has 0 radical (unpaired) electrons. The third kappa shape index (κ3) is 2.07. The number of benzene rings is 1. The van der Waals surface area contributed by atoms with Crippen LogP contribution < -0.4 is 0 Å². The van der Waals surface area contributed by atoms with Crippen LogP contribution in [0.4, 0.5) is 0 Å². The first-order chi connectivity index (χ1) is 12.3. The average Bonchev–Trinajstić information content (AvgIpc) is 2.86. The molecule has 4 atom stereocenters. The number of aliphatic hydroxyl groups is 1. The van der Waals surface area contributed by atoms with E-state index in [1.54, 1.807) is 24.3 Å². The fourth-order valence-corrected chi connectivity index (χ4v) is 5.20. The fraction of sp³-hybridized carbons (Fsp3) is 0.412. The van der Waals surface area contributed by atoms with Crippen molar-refractivity contribution in [2.45, 2.75) is 30.0 Å². The minimum atomic E-state index is -1.46. The minimum Gasteiger partial charge on any atom is -0.467 e. The summed E-state index contributed by atoms with van der Waals surface area (Å²) in [6, 6.07) is 4.25. The van der Waals surface area contributed by atoms with E-state index >= 15 is 0 Å². The smallest absolute Gasteiger partial charge is 0.331 e. The lowest BCUT2D eigenvalue weighted by molar-refractivity contribution is -0.178. The summed E-state index contributed by atoms with van der Waals surface area (Å²) >= 11 is 1.23. The Kier molecular flexibility index (Phi) is 3.64. The Morgan fingerprint density at radius 1 is 1.23 bits per heavy atom. The van der Waals surface area contributed by atoms with Gasteiger partial charge in [-0.3, -0.25) is 19.3 Å². The van der Waals surface area contributed by atoms with Crippen molar-refractivity contribution in [2.75, 3.05) is 12.9 Å². The Balaban J connectivity index is 1.66. The lowest BCUT2D eigenvalue weighted by Crippen LogP contribution is -2.79. The Morgan fingerprint density at radius 2 is 1.81 bits per heavy atom. The highest BCUT2D eigenvalue weighted by atomic mass is 32.2. The number of hydrogen-bond donors (Lipinski definition) is 1. The zero-order valence-electron chi connectivity index (χ0n) is 14.0. The molecule has 3 amide bonds. The lowest BCUT2D eigenvalue weighted by Gasteiger charge is -2.57. The van der Waals surface area contributed by atoms with Gasteiger partial charge in [0.2, 0.25) is 0 Å². The molecule has 4 rings (SSSR count). The Labute approximate surface area is 153 Å². The average molecular weight is 376 g/mol. The topological polar surface area (TPSA) is 104 Å². The molecule has 8 nitrogen and oxygen atoms in total. The van der Waals surface area contributed by atoms with Crippen molar-refractivity contribution in [2.24, 2.45) is 0 Å². The van der Waals surface area contributed by atoms with E-state index in [0.29, 0.717) is 0 Å². The molecule has 0 aliphatic carbocycles. The van der Waals surface area contributed by atoms with Gasteiger partial charge in [0.05, 0.1) is 18.2 Å². The zero-order chi connectivity index (χ0) is 18.8. The number of β-lactam (4-membered cyclic amide) rings is 1. The van der Waals surface area contributed by atoms with Crippen LogP contribution in [0.1, 0.15) is 27.6 Å². The van der Waals surface area contributed by atoms with Gasteiger partial charge < -0.3 is 14.7 Å². The van der Waals surface area contributed by atoms with E-state index < -0.39 is 46.7 Å². The van der Waals surface area contributed by atoms with E-state index in [0.717, 1.165) is 4.90 Å². The molecule has 9 heteroatoms. The third-order valence-corrected chi connectivity index (χ3v) is 6.57. The molecule has 3 aliphatic heterocycles. The first-order valence-corrected chi connectivity index (χ1v) is 9.05. The maximum atomic E-state index is 12.8. The van der Waals surface area contributed by atoms with E-state index in [-0.39, 0.29) is 16.9 Å². The van der Waals surface area contributed by atoms with Gasteiger partial charge in [-0.1, -0.05) is 12.1 Å². The SMILES string of the molecule is COC(=O)C1N2C(=O)C(N3C(=O)c4ccccc4C3=O)[C@H]2SCC1(C)O. The number of hydrogen-bond acceptors (Lipinski definition) is 7. The molecular formula is C17H16N2O6S. The van der Waals surface area contributed by atoms with E-state index in [1.165, 1.54) is 30.7 Å². The van der Waals surface area contributed by atoms with Crippen LogP contribution in [0.2, 0.25) is 0 Å². The van der Waals surface area contributed by atoms with Crippen LogP contribution in [0.3, 0.4) is 0 Å². The van der Waals surface area contributed by atoms with Gasteiger partial charge >= 0.3 is 5.97 Å². The van der Waals surface area contributed by atoms with Gasteiger partial charge in [-0.2, -0.15) is 0 Å². The molecule has 3 heterocycles. The molecule has 1 N–H and O–H groups in total. The van der Waals surface area contributed by atoms with E-state index in [1.807, 2.05) is 0 Å². The number of methoxy groups -OCH3 is 1. The Hall–Kier alpha value is -2.39. The van der Waals surface area contributed by atoms with Crippen LogP contribution in [-0.4, -0.2) is 74.5 Å². The fourth-order valence-electron chi connectivity index (χ4n) is 3.73. The summed E-state index contributed by atoms with van der Waals surface area (Å²) < 4.78 is 4.73. The number of ether oxygens (including phenoxy) is 1. The normalized spacial score (nSPS) is 32.9. The van der Waals surface area contributed by atoms with Gasteiger partial charge in [-0.25, -0.2) is 4.79 Å². The number of rotatable bonds is 2. The minimum absolute atomic E-state index is 0.168. The maximum Gasteiger partial charge on any atom is 0.331 e. The molecule has 3 aliphatic rings. The quantitative estimate of drug-likeness (QED) is 0.435. The first kappa shape index (κ1) is 17.0. The number of carbonyl (C=O) groups is 4. The van der Waals surface area contributed by atoms with Crippen molar-refractivity contribution in [1.82, 2.24) is 9.80 Å². The summed E-state index contributed by atoms with van der Waals surface area (Å²) in [5.74, 6) is -2.14. The number of esters is 1. The number of fused-ring (bicyclic) bond motifs is 2. The molecule has 26 heavy (non-hydrogen) atoms. The molecule has 1 aromatic carbocycles. The lowest BCUT2D eigenvalue weighted by atomic mass is 9.90. The highest BCUT2D eigenvalue weighted by molar-refractivity contribution is 8.00. The molecule has 3 unspecified atom stereocenters. The van der Waals surface area contributed by atoms with Gasteiger partial charge in [0.1, 0.15) is 17.0 Å². The highest BCUT2D eigenvalue weighted by Crippen LogP contribution is 2.45. The summed E-state index contributed by atoms with van der Waals surface area (Å²) in [6.45, 7) is 1.46. The van der Waals surface area contributed by atoms with Gasteiger partial charge in [0, 0.05) is 5.75 Å². The van der Waals surface area contributed by atoms with Crippen molar-refractivity contribution >= 4 is 35.5 Å². The summed E-state index contributed by atoms with van der Waals surface area (Å²) in [7, 11) is 1.18. The van der Waals surface area contributed by atoms with E-state index in [9.17, 15) is 24.3 Å². The summed E-state index contributed by atoms with van der Waals surface area (Å²) in [6.07, 6.45) is 0. The van der Waals surface area contributed by atoms with Crippen LogP contribution >= 0.6 is 11.8 Å². The maximum absolute atomic E-state index is 12.8. The summed E-state index contributed by atoms with van der Waals surface area (Å²) in [5, 5.41) is 9.92. The van der Waals surface area contributed by atoms with Gasteiger partial charge in [0.25, 0.3) is 17.7 Å². The van der Waals surface area contributed by atoms with E-state index in [2.05, 4.69) is 0 Å². The number of amides is 3. The van der Waals surface area contributed by atoms with Crippen LogP contribution in [0.25, 0.3) is 0 Å². The molecule has 0 aromatic heterocycles. The van der Waals surface area contributed by atoms with E-state index in [4.69, 9.17) is 4.74 Å². The molecule has 2 saturated heterocycles. The van der Waals surface area contributed by atoms with Crippen LogP contribution in [0, 0.1) is 0 Å². The van der Waals surface area contributed by atoms with Crippen LogP contribution in [0.15, 0.2) is 24.3 Å². The van der Waals surface area contributed by atoms with Crippen LogP contribution in [0.5, 0.6) is 0 Å². The predicted octanol–water partition coefficient (Wildman–Crippen LogP) is -0.141. The second kappa shape index (κ2) is 5.55. The van der Waals surface area contributed by atoms with Crippen molar-refractivity contribution in [1.29, 1.82) is 0 Å². The molecular weight excluding hydrogens is 360 g/mol. The van der Waals surface area contributed by atoms with Crippen molar-refractivity contribution in [3.63, 3.8) is 0 Å². The second-order valence-electron chi connectivity index (χ2n) is 6.70. The first-order valence-electron chi connectivity index (χ1n) is 8.00. The summed E-state index contributed by atoms with van der Waals surface area (Å²) in [4.78, 5) is 52.4. The number of imide groups is 1. The zero-order valence-corrected chi connectivity index (χ0v) is 14.9. The largest absolute Gasteiger partial charge is 0.467 e. The third-order valence-electron chi connectivity index (χ3n) is 4.99. The van der Waals surface area contributed by atoms with Crippen LogP contribution in [-0.2, 0) is 14.3 Å². The standard InChI is InChI=1S/C17H16N2O6S/c1-17(24)7-26-15-10(14(22)19(15)11(17)16(23)25-2)18-12(20)8-5-3-4-6-9(8)13(18)21/h3-6,10-11,15,24H,7H2,1-2H3/t10?,11?,15-,17?/m1/s1. The Morgan fingerprint density at radius 3 is 2.35 bits per heavy atom. The van der Waals surface area contributed by atoms with Gasteiger partial charge in [-0.05, 0) is 19.1 Å².